The van der Waals surface area contributed by atoms with Gasteiger partial charge in [-0.1, -0.05) is 24.3 Å². The number of aliphatic hydroxyl groups excluding tert-OH is 1. The van der Waals surface area contributed by atoms with Crippen molar-refractivity contribution in [2.24, 2.45) is 0 Å². The average molecular weight is 396 g/mol. The molecule has 0 aliphatic carbocycles. The first-order valence-corrected chi connectivity index (χ1v) is 10.4. The van der Waals surface area contributed by atoms with E-state index in [1.807, 2.05) is 41.0 Å². The van der Waals surface area contributed by atoms with E-state index < -0.39 is 0 Å². The average Bonchev–Trinajstić information content (AvgIpc) is 3.16. The molecule has 1 amide bonds. The van der Waals surface area contributed by atoms with E-state index in [0.29, 0.717) is 25.9 Å². The number of rotatable bonds is 4. The second-order valence-electron chi connectivity index (χ2n) is 8.12. The number of aryl methyl sites for hydroxylation is 1. The van der Waals surface area contributed by atoms with Gasteiger partial charge in [0.05, 0.1) is 30.5 Å². The first kappa shape index (κ1) is 19.6. The van der Waals surface area contributed by atoms with Crippen molar-refractivity contribution in [2.45, 2.75) is 44.8 Å². The highest BCUT2D eigenvalue weighted by Gasteiger charge is 2.27. The quantitative estimate of drug-likeness (QED) is 0.848. The summed E-state index contributed by atoms with van der Waals surface area (Å²) in [5, 5.41) is 14.1. The van der Waals surface area contributed by atoms with Gasteiger partial charge in [0.25, 0.3) is 5.56 Å². The number of benzene rings is 1. The minimum atomic E-state index is -0.344. The lowest BCUT2D eigenvalue weighted by molar-refractivity contribution is -0.132. The minimum absolute atomic E-state index is 0.0970. The minimum Gasteiger partial charge on any atom is -0.391 e. The predicted octanol–water partition coefficient (Wildman–Crippen LogP) is 1.53. The highest BCUT2D eigenvalue weighted by Crippen LogP contribution is 2.22. The van der Waals surface area contributed by atoms with Gasteiger partial charge in [-0.25, -0.2) is 4.68 Å². The second kappa shape index (κ2) is 8.37. The van der Waals surface area contributed by atoms with Crippen LogP contribution in [-0.2, 0) is 11.2 Å². The predicted molar refractivity (Wildman–Crippen MR) is 111 cm³/mol. The van der Waals surface area contributed by atoms with Crippen LogP contribution in [0, 0.1) is 6.92 Å². The van der Waals surface area contributed by atoms with Gasteiger partial charge in [-0.3, -0.25) is 9.59 Å². The number of hydrogen-bond acceptors (Lipinski definition) is 5. The Morgan fingerprint density at radius 1 is 1.21 bits per heavy atom. The van der Waals surface area contributed by atoms with Crippen molar-refractivity contribution in [3.8, 4) is 0 Å². The molecular weight excluding hydrogens is 368 g/mol. The number of hydrogen-bond donors (Lipinski definition) is 1. The van der Waals surface area contributed by atoms with Crippen LogP contribution in [0.2, 0.25) is 0 Å². The van der Waals surface area contributed by atoms with E-state index in [9.17, 15) is 14.7 Å². The Morgan fingerprint density at radius 3 is 2.76 bits per heavy atom. The first-order valence-electron chi connectivity index (χ1n) is 10.4. The Balaban J connectivity index is 1.45. The molecule has 0 spiro atoms. The summed E-state index contributed by atoms with van der Waals surface area (Å²) in [7, 11) is 0. The van der Waals surface area contributed by atoms with E-state index in [4.69, 9.17) is 0 Å². The molecule has 29 heavy (non-hydrogen) atoms. The lowest BCUT2D eigenvalue weighted by Gasteiger charge is -2.33. The molecule has 1 N–H and O–H groups in total. The zero-order valence-electron chi connectivity index (χ0n) is 16.8. The molecule has 0 bridgehead atoms. The number of carbonyl (C=O) groups is 1. The standard InChI is InChI=1S/C22H28N4O3/c1-16-5-2-3-6-17(16)11-21(28)25-9-4-7-18(14-25)26-22(29)12-19(13-23-26)24-10-8-20(27)15-24/h2-3,5-6,12-13,18,20,27H,4,7-11,14-15H2,1H3/t18-,20+/m1/s1. The SMILES string of the molecule is Cc1ccccc1CC(=O)N1CCC[C@@H](n2ncc(N3CC[C@H](O)C3)cc2=O)C1. The van der Waals surface area contributed by atoms with Crippen LogP contribution in [0.3, 0.4) is 0 Å². The van der Waals surface area contributed by atoms with Gasteiger partial charge in [0, 0.05) is 32.2 Å². The van der Waals surface area contributed by atoms with Crippen molar-refractivity contribution < 1.29 is 9.90 Å². The molecule has 154 valence electrons. The highest BCUT2D eigenvalue weighted by atomic mass is 16.3. The summed E-state index contributed by atoms with van der Waals surface area (Å²) in [5.41, 5.74) is 2.77. The highest BCUT2D eigenvalue weighted by molar-refractivity contribution is 5.79. The third-order valence-electron chi connectivity index (χ3n) is 6.04. The zero-order chi connectivity index (χ0) is 20.4. The van der Waals surface area contributed by atoms with Crippen molar-refractivity contribution in [2.75, 3.05) is 31.1 Å². The smallest absolute Gasteiger partial charge is 0.269 e. The van der Waals surface area contributed by atoms with Gasteiger partial charge in [-0.05, 0) is 37.3 Å². The summed E-state index contributed by atoms with van der Waals surface area (Å²) < 4.78 is 1.52. The van der Waals surface area contributed by atoms with Gasteiger partial charge in [0.2, 0.25) is 5.91 Å². The Kier molecular flexibility index (Phi) is 5.67. The number of likely N-dealkylation sites (tertiary alicyclic amines) is 1. The normalized spacial score (nSPS) is 22.1. The summed E-state index contributed by atoms with van der Waals surface area (Å²) in [5.74, 6) is 0.0970. The van der Waals surface area contributed by atoms with Crippen molar-refractivity contribution in [3.63, 3.8) is 0 Å². The van der Waals surface area contributed by atoms with E-state index in [1.54, 1.807) is 12.3 Å². The maximum Gasteiger partial charge on any atom is 0.269 e. The van der Waals surface area contributed by atoms with E-state index in [1.165, 1.54) is 4.68 Å². The van der Waals surface area contributed by atoms with Crippen LogP contribution in [0.1, 0.15) is 36.4 Å². The first-order chi connectivity index (χ1) is 14.0. The van der Waals surface area contributed by atoms with Gasteiger partial charge in [-0.2, -0.15) is 5.10 Å². The van der Waals surface area contributed by atoms with Gasteiger partial charge in [0.1, 0.15) is 0 Å². The molecule has 0 radical (unpaired) electrons. The molecule has 1 aromatic carbocycles. The van der Waals surface area contributed by atoms with Gasteiger partial charge in [-0.15, -0.1) is 0 Å². The number of amides is 1. The topological polar surface area (TPSA) is 78.7 Å². The number of β-amino-alcohol motifs (C(OH)–C–C–N with tert-alkyl or cyclic N) is 1. The van der Waals surface area contributed by atoms with Gasteiger partial charge < -0.3 is 14.9 Å². The van der Waals surface area contributed by atoms with Crippen molar-refractivity contribution in [1.82, 2.24) is 14.7 Å². The fourth-order valence-electron chi connectivity index (χ4n) is 4.30. The van der Waals surface area contributed by atoms with Crippen LogP contribution in [-0.4, -0.2) is 58.0 Å². The third kappa shape index (κ3) is 4.34. The summed E-state index contributed by atoms with van der Waals surface area (Å²) in [6, 6.07) is 9.44. The molecule has 2 saturated heterocycles. The molecule has 2 aromatic rings. The number of nitrogens with zero attached hydrogens (tertiary/aromatic N) is 4. The summed E-state index contributed by atoms with van der Waals surface area (Å²) >= 11 is 0. The van der Waals surface area contributed by atoms with Crippen molar-refractivity contribution >= 4 is 11.6 Å². The molecule has 4 rings (SSSR count). The van der Waals surface area contributed by atoms with Crippen LogP contribution in [0.5, 0.6) is 0 Å². The number of anilines is 1. The number of piperidine rings is 1. The molecule has 3 heterocycles. The summed E-state index contributed by atoms with van der Waals surface area (Å²) in [6.07, 6.45) is 4.15. The van der Waals surface area contributed by atoms with Crippen molar-refractivity contribution in [1.29, 1.82) is 0 Å². The fraction of sp³-hybridized carbons (Fsp3) is 0.500. The Hall–Kier alpha value is -2.67. The second-order valence-corrected chi connectivity index (χ2v) is 8.12. The molecular formula is C22H28N4O3. The fourth-order valence-corrected chi connectivity index (χ4v) is 4.30. The largest absolute Gasteiger partial charge is 0.391 e. The van der Waals surface area contributed by atoms with Crippen LogP contribution in [0.15, 0.2) is 41.3 Å². The Labute approximate surface area is 170 Å². The van der Waals surface area contributed by atoms with E-state index in [-0.39, 0.29) is 23.6 Å². The maximum absolute atomic E-state index is 12.8. The number of carbonyl (C=O) groups excluding carboxylic acids is 1. The lowest BCUT2D eigenvalue weighted by atomic mass is 10.0. The molecule has 2 aliphatic heterocycles. The molecule has 7 heteroatoms. The van der Waals surface area contributed by atoms with Gasteiger partial charge in [0.15, 0.2) is 0 Å². The van der Waals surface area contributed by atoms with Crippen molar-refractivity contribution in [3.05, 3.63) is 58.0 Å². The molecule has 0 unspecified atom stereocenters. The molecule has 0 saturated carbocycles. The van der Waals surface area contributed by atoms with Gasteiger partial charge >= 0.3 is 0 Å². The van der Waals surface area contributed by atoms with E-state index in [0.717, 1.165) is 42.7 Å². The molecule has 7 nitrogen and oxygen atoms in total. The van der Waals surface area contributed by atoms with E-state index >= 15 is 0 Å². The van der Waals surface area contributed by atoms with Crippen LogP contribution >= 0.6 is 0 Å². The Bertz CT molecular complexity index is 942. The Morgan fingerprint density at radius 2 is 2.03 bits per heavy atom. The third-order valence-corrected chi connectivity index (χ3v) is 6.04. The van der Waals surface area contributed by atoms with Crippen LogP contribution in [0.4, 0.5) is 5.69 Å². The monoisotopic (exact) mass is 396 g/mol. The molecule has 1 aromatic heterocycles. The van der Waals surface area contributed by atoms with Crippen LogP contribution in [0.25, 0.3) is 0 Å². The molecule has 2 atom stereocenters. The molecule has 2 fully saturated rings. The summed E-state index contributed by atoms with van der Waals surface area (Å²) in [6.45, 7) is 4.53. The lowest BCUT2D eigenvalue weighted by Crippen LogP contribution is -2.44. The van der Waals surface area contributed by atoms with E-state index in [2.05, 4.69) is 5.10 Å². The zero-order valence-corrected chi connectivity index (χ0v) is 16.8. The maximum atomic E-state index is 12.8. The van der Waals surface area contributed by atoms with Crippen LogP contribution < -0.4 is 10.5 Å². The number of aliphatic hydroxyl groups is 1. The number of aromatic nitrogens is 2. The molecule has 2 aliphatic rings. The summed E-state index contributed by atoms with van der Waals surface area (Å²) in [4.78, 5) is 29.4.